The molecular formula is C22H23N3O4. The summed E-state index contributed by atoms with van der Waals surface area (Å²) in [6.45, 7) is 4.55. The molecule has 0 aliphatic carbocycles. The van der Waals surface area contributed by atoms with E-state index < -0.39 is 0 Å². The van der Waals surface area contributed by atoms with E-state index in [2.05, 4.69) is 16.2 Å². The van der Waals surface area contributed by atoms with Gasteiger partial charge in [0.15, 0.2) is 17.3 Å². The zero-order chi connectivity index (χ0) is 20.5. The molecule has 1 amide bonds. The summed E-state index contributed by atoms with van der Waals surface area (Å²) in [4.78, 5) is 18.9. The first-order chi connectivity index (χ1) is 14.0. The first-order valence-electron chi connectivity index (χ1n) is 9.43. The normalized spacial score (nSPS) is 16.3. The summed E-state index contributed by atoms with van der Waals surface area (Å²) in [5, 5.41) is 4.15. The van der Waals surface area contributed by atoms with E-state index in [0.29, 0.717) is 36.2 Å². The molecule has 1 unspecified atom stereocenters. The SMILES string of the molecule is COc1ccc(N2CC(c3noc(-c4ccc(C)cc4C)n3)CC2=O)cc1OC. The third kappa shape index (κ3) is 3.55. The van der Waals surface area contributed by atoms with Crippen LogP contribution in [0.25, 0.3) is 11.5 Å². The number of rotatable bonds is 5. The van der Waals surface area contributed by atoms with Gasteiger partial charge in [0.1, 0.15) is 0 Å². The van der Waals surface area contributed by atoms with E-state index in [1.807, 2.05) is 32.0 Å². The van der Waals surface area contributed by atoms with Crippen LogP contribution in [0.3, 0.4) is 0 Å². The molecule has 7 heteroatoms. The first-order valence-corrected chi connectivity index (χ1v) is 9.43. The minimum atomic E-state index is -0.126. The number of aromatic nitrogens is 2. The summed E-state index contributed by atoms with van der Waals surface area (Å²) in [5.74, 6) is 2.12. The first kappa shape index (κ1) is 19.0. The Balaban J connectivity index is 1.56. The molecule has 1 aromatic heterocycles. The fourth-order valence-electron chi connectivity index (χ4n) is 3.69. The van der Waals surface area contributed by atoms with Crippen molar-refractivity contribution in [2.24, 2.45) is 0 Å². The Kier molecular flexibility index (Phi) is 4.96. The molecule has 1 saturated heterocycles. The predicted octanol–water partition coefficient (Wildman–Crippen LogP) is 3.89. The lowest BCUT2D eigenvalue weighted by Gasteiger charge is -2.18. The number of carbonyl (C=O) groups excluding carboxylic acids is 1. The molecule has 0 radical (unpaired) electrons. The number of aryl methyl sites for hydroxylation is 2. The van der Waals surface area contributed by atoms with Gasteiger partial charge in [0, 0.05) is 36.2 Å². The van der Waals surface area contributed by atoms with E-state index in [4.69, 9.17) is 14.0 Å². The zero-order valence-corrected chi connectivity index (χ0v) is 16.9. The van der Waals surface area contributed by atoms with Crippen molar-refractivity contribution >= 4 is 11.6 Å². The Morgan fingerprint density at radius 3 is 2.59 bits per heavy atom. The summed E-state index contributed by atoms with van der Waals surface area (Å²) in [5.41, 5.74) is 3.93. The number of nitrogens with zero attached hydrogens (tertiary/aromatic N) is 3. The van der Waals surface area contributed by atoms with Crippen LogP contribution in [0.1, 0.15) is 29.3 Å². The van der Waals surface area contributed by atoms with Gasteiger partial charge < -0.3 is 18.9 Å². The smallest absolute Gasteiger partial charge is 0.258 e. The standard InChI is InChI=1S/C22H23N3O4/c1-13-5-7-17(14(2)9-13)22-23-21(24-29-22)15-10-20(26)25(12-15)16-6-8-18(27-3)19(11-16)28-4/h5-9,11,15H,10,12H2,1-4H3. The van der Waals surface area contributed by atoms with Crippen molar-refractivity contribution < 1.29 is 18.8 Å². The lowest BCUT2D eigenvalue weighted by molar-refractivity contribution is -0.117. The van der Waals surface area contributed by atoms with E-state index in [-0.39, 0.29) is 11.8 Å². The second-order valence-corrected chi connectivity index (χ2v) is 7.22. The molecule has 3 aromatic rings. The van der Waals surface area contributed by atoms with Crippen LogP contribution in [0.5, 0.6) is 11.5 Å². The quantitative estimate of drug-likeness (QED) is 0.654. The number of benzene rings is 2. The Morgan fingerprint density at radius 1 is 1.07 bits per heavy atom. The molecule has 29 heavy (non-hydrogen) atoms. The number of methoxy groups -OCH3 is 2. The Morgan fingerprint density at radius 2 is 1.86 bits per heavy atom. The van der Waals surface area contributed by atoms with Gasteiger partial charge in [0.05, 0.1) is 14.2 Å². The van der Waals surface area contributed by atoms with Crippen molar-refractivity contribution in [2.45, 2.75) is 26.2 Å². The number of ether oxygens (including phenoxy) is 2. The lowest BCUT2D eigenvalue weighted by Crippen LogP contribution is -2.24. The molecular weight excluding hydrogens is 370 g/mol. The Hall–Kier alpha value is -3.35. The molecule has 2 aromatic carbocycles. The van der Waals surface area contributed by atoms with E-state index in [1.165, 1.54) is 5.56 Å². The van der Waals surface area contributed by atoms with Crippen LogP contribution in [-0.2, 0) is 4.79 Å². The fraction of sp³-hybridized carbons (Fsp3) is 0.318. The molecule has 2 heterocycles. The second kappa shape index (κ2) is 7.58. The summed E-state index contributed by atoms with van der Waals surface area (Å²) in [6, 6.07) is 11.5. The molecule has 0 N–H and O–H groups in total. The highest BCUT2D eigenvalue weighted by molar-refractivity contribution is 5.96. The van der Waals surface area contributed by atoms with Crippen LogP contribution >= 0.6 is 0 Å². The number of hydrogen-bond donors (Lipinski definition) is 0. The van der Waals surface area contributed by atoms with E-state index >= 15 is 0 Å². The van der Waals surface area contributed by atoms with Gasteiger partial charge in [-0.1, -0.05) is 22.9 Å². The van der Waals surface area contributed by atoms with Gasteiger partial charge >= 0.3 is 0 Å². The maximum Gasteiger partial charge on any atom is 0.258 e. The summed E-state index contributed by atoms with van der Waals surface area (Å²) >= 11 is 0. The zero-order valence-electron chi connectivity index (χ0n) is 16.9. The lowest BCUT2D eigenvalue weighted by atomic mass is 10.1. The van der Waals surface area contributed by atoms with E-state index in [9.17, 15) is 4.79 Å². The topological polar surface area (TPSA) is 77.7 Å². The second-order valence-electron chi connectivity index (χ2n) is 7.22. The van der Waals surface area contributed by atoms with E-state index in [0.717, 1.165) is 16.8 Å². The summed E-state index contributed by atoms with van der Waals surface area (Å²) in [7, 11) is 3.16. The Bertz CT molecular complexity index is 1060. The minimum Gasteiger partial charge on any atom is -0.493 e. The van der Waals surface area contributed by atoms with Crippen molar-refractivity contribution in [2.75, 3.05) is 25.7 Å². The van der Waals surface area contributed by atoms with Crippen LogP contribution < -0.4 is 14.4 Å². The maximum absolute atomic E-state index is 12.6. The molecule has 1 atom stereocenters. The highest BCUT2D eigenvalue weighted by Crippen LogP contribution is 2.36. The van der Waals surface area contributed by atoms with E-state index in [1.54, 1.807) is 31.3 Å². The molecule has 0 bridgehead atoms. The van der Waals surface area contributed by atoms with Crippen LogP contribution in [0, 0.1) is 13.8 Å². The molecule has 150 valence electrons. The molecule has 1 aliphatic rings. The third-order valence-corrected chi connectivity index (χ3v) is 5.22. The highest BCUT2D eigenvalue weighted by Gasteiger charge is 2.35. The van der Waals surface area contributed by atoms with Gasteiger partial charge in [0.25, 0.3) is 5.89 Å². The van der Waals surface area contributed by atoms with Gasteiger partial charge in [-0.2, -0.15) is 4.98 Å². The van der Waals surface area contributed by atoms with Crippen LogP contribution in [0.2, 0.25) is 0 Å². The van der Waals surface area contributed by atoms with Gasteiger partial charge in [-0.15, -0.1) is 0 Å². The number of anilines is 1. The number of hydrogen-bond acceptors (Lipinski definition) is 6. The van der Waals surface area contributed by atoms with Crippen LogP contribution in [-0.4, -0.2) is 36.8 Å². The summed E-state index contributed by atoms with van der Waals surface area (Å²) < 4.78 is 16.1. The average Bonchev–Trinajstić information content (AvgIpc) is 3.34. The average molecular weight is 393 g/mol. The maximum atomic E-state index is 12.6. The summed E-state index contributed by atoms with van der Waals surface area (Å²) in [6.07, 6.45) is 0.334. The number of amides is 1. The molecule has 0 spiro atoms. The number of carbonyl (C=O) groups is 1. The van der Waals surface area contributed by atoms with Crippen molar-refractivity contribution in [3.05, 3.63) is 53.3 Å². The van der Waals surface area contributed by atoms with Gasteiger partial charge in [-0.05, 0) is 37.6 Å². The monoisotopic (exact) mass is 393 g/mol. The predicted molar refractivity (Wildman–Crippen MR) is 108 cm³/mol. The van der Waals surface area contributed by atoms with Crippen molar-refractivity contribution in [3.63, 3.8) is 0 Å². The largest absolute Gasteiger partial charge is 0.493 e. The van der Waals surface area contributed by atoms with Gasteiger partial charge in [-0.25, -0.2) is 0 Å². The highest BCUT2D eigenvalue weighted by atomic mass is 16.5. The third-order valence-electron chi connectivity index (χ3n) is 5.22. The minimum absolute atomic E-state index is 0.0140. The molecule has 7 nitrogen and oxygen atoms in total. The van der Waals surface area contributed by atoms with Crippen molar-refractivity contribution in [1.29, 1.82) is 0 Å². The molecule has 1 fully saturated rings. The molecule has 1 aliphatic heterocycles. The van der Waals surface area contributed by atoms with Gasteiger partial charge in [0.2, 0.25) is 5.91 Å². The van der Waals surface area contributed by atoms with Crippen molar-refractivity contribution in [3.8, 4) is 23.0 Å². The van der Waals surface area contributed by atoms with Gasteiger partial charge in [-0.3, -0.25) is 4.79 Å². The van der Waals surface area contributed by atoms with Crippen molar-refractivity contribution in [1.82, 2.24) is 10.1 Å². The molecule has 0 saturated carbocycles. The molecule has 4 rings (SSSR count). The Labute approximate surface area is 169 Å². The fourth-order valence-corrected chi connectivity index (χ4v) is 3.69. The van der Waals surface area contributed by atoms with Crippen LogP contribution in [0.15, 0.2) is 40.9 Å². The van der Waals surface area contributed by atoms with Crippen LogP contribution in [0.4, 0.5) is 5.69 Å².